The topological polar surface area (TPSA) is 103 Å². The van der Waals surface area contributed by atoms with E-state index in [1.54, 1.807) is 18.3 Å². The molecule has 0 aromatic carbocycles. The van der Waals surface area contributed by atoms with E-state index in [0.717, 1.165) is 28.6 Å². The molecule has 2 atom stereocenters. The molecule has 1 fully saturated rings. The van der Waals surface area contributed by atoms with Crippen molar-refractivity contribution >= 4 is 28.5 Å². The highest BCUT2D eigenvalue weighted by molar-refractivity contribution is 6.29. The fourth-order valence-electron chi connectivity index (χ4n) is 3.80. The highest BCUT2D eigenvalue weighted by Gasteiger charge is 2.29. The van der Waals surface area contributed by atoms with E-state index in [-0.39, 0.29) is 11.6 Å². The molecule has 8 heteroatoms. The van der Waals surface area contributed by atoms with Gasteiger partial charge in [0.1, 0.15) is 16.5 Å². The van der Waals surface area contributed by atoms with E-state index < -0.39 is 12.0 Å². The van der Waals surface area contributed by atoms with Crippen LogP contribution in [0, 0.1) is 0 Å². The van der Waals surface area contributed by atoms with Gasteiger partial charge in [0.2, 0.25) is 0 Å². The molecule has 0 aliphatic carbocycles. The third kappa shape index (κ3) is 3.48. The largest absolute Gasteiger partial charge is 0.390 e. The highest BCUT2D eigenvalue weighted by Crippen LogP contribution is 2.33. The van der Waals surface area contributed by atoms with Gasteiger partial charge in [0.15, 0.2) is 0 Å². The zero-order valence-electron chi connectivity index (χ0n) is 15.4. The van der Waals surface area contributed by atoms with Crippen molar-refractivity contribution in [3.8, 4) is 0 Å². The summed E-state index contributed by atoms with van der Waals surface area (Å²) in [6, 6.07) is 7.41. The van der Waals surface area contributed by atoms with Crippen LogP contribution in [0.4, 0.5) is 0 Å². The lowest BCUT2D eigenvalue weighted by molar-refractivity contribution is -0.0219. The number of hydrogen-bond donors (Lipinski definition) is 2. The normalized spacial score (nSPS) is 19.8. The monoisotopic (exact) mass is 400 g/mol. The second kappa shape index (κ2) is 7.50. The smallest absolute Gasteiger partial charge is 0.267 e. The van der Waals surface area contributed by atoms with E-state index >= 15 is 0 Å². The number of pyridine rings is 2. The number of nitrogens with two attached hydrogens (primary N) is 1. The molecule has 28 heavy (non-hydrogen) atoms. The first kappa shape index (κ1) is 18.9. The summed E-state index contributed by atoms with van der Waals surface area (Å²) in [6.45, 7) is 0.919. The lowest BCUT2D eigenvalue weighted by atomic mass is 9.93. The second-order valence-corrected chi connectivity index (χ2v) is 7.49. The van der Waals surface area contributed by atoms with Crippen molar-refractivity contribution in [1.29, 1.82) is 0 Å². The van der Waals surface area contributed by atoms with Crippen LogP contribution < -0.4 is 5.73 Å². The Hall–Kier alpha value is -2.48. The van der Waals surface area contributed by atoms with Crippen molar-refractivity contribution in [1.82, 2.24) is 14.5 Å². The number of amides is 1. The van der Waals surface area contributed by atoms with Gasteiger partial charge in [-0.3, -0.25) is 4.79 Å². The molecule has 1 aliphatic heterocycles. The van der Waals surface area contributed by atoms with E-state index in [9.17, 15) is 9.90 Å². The number of nitrogens with zero attached hydrogens (tertiary/aromatic N) is 3. The number of aliphatic hydroxyl groups is 1. The van der Waals surface area contributed by atoms with Gasteiger partial charge in [-0.1, -0.05) is 17.7 Å². The molecule has 3 aromatic rings. The minimum atomic E-state index is -0.578. The third-order valence-electron chi connectivity index (χ3n) is 5.26. The third-order valence-corrected chi connectivity index (χ3v) is 5.49. The summed E-state index contributed by atoms with van der Waals surface area (Å²) in [5.41, 5.74) is 9.25. The Morgan fingerprint density at radius 2 is 2.25 bits per heavy atom. The predicted octanol–water partition coefficient (Wildman–Crippen LogP) is 2.18. The van der Waals surface area contributed by atoms with Crippen molar-refractivity contribution in [2.75, 3.05) is 13.2 Å². The van der Waals surface area contributed by atoms with Crippen molar-refractivity contribution in [2.24, 2.45) is 12.8 Å². The summed E-state index contributed by atoms with van der Waals surface area (Å²) in [6.07, 6.45) is 2.43. The first-order valence-electron chi connectivity index (χ1n) is 9.09. The van der Waals surface area contributed by atoms with Gasteiger partial charge in [-0.25, -0.2) is 9.97 Å². The molecular weight excluding hydrogens is 380 g/mol. The van der Waals surface area contributed by atoms with Crippen LogP contribution in [0.2, 0.25) is 5.15 Å². The summed E-state index contributed by atoms with van der Waals surface area (Å²) in [4.78, 5) is 20.4. The molecule has 2 unspecified atom stereocenters. The number of aryl methyl sites for hydroxylation is 1. The van der Waals surface area contributed by atoms with Gasteiger partial charge in [0.25, 0.3) is 5.91 Å². The van der Waals surface area contributed by atoms with Gasteiger partial charge in [0.05, 0.1) is 12.7 Å². The molecule has 0 bridgehead atoms. The van der Waals surface area contributed by atoms with Crippen LogP contribution >= 0.6 is 11.6 Å². The highest BCUT2D eigenvalue weighted by atomic mass is 35.5. The molecule has 1 saturated heterocycles. The quantitative estimate of drug-likeness (QED) is 0.653. The standard InChI is InChI=1S/C20H21ClN4O3/c1-25-16(13-4-5-28-10-17(13)26)8-14-12(6-11-2-3-18(21)23-9-11)7-15(19(22)27)24-20(14)25/h2-3,7-9,13,17,26H,4-6,10H2,1H3,(H2,22,27). The van der Waals surface area contributed by atoms with Gasteiger partial charge < -0.3 is 20.1 Å². The fourth-order valence-corrected chi connectivity index (χ4v) is 3.91. The van der Waals surface area contributed by atoms with E-state index in [2.05, 4.69) is 9.97 Å². The first-order valence-corrected chi connectivity index (χ1v) is 9.47. The minimum absolute atomic E-state index is 0.0463. The lowest BCUT2D eigenvalue weighted by Gasteiger charge is -2.28. The number of hydrogen-bond acceptors (Lipinski definition) is 5. The molecule has 0 spiro atoms. The van der Waals surface area contributed by atoms with Gasteiger partial charge in [-0.15, -0.1) is 0 Å². The number of rotatable bonds is 4. The van der Waals surface area contributed by atoms with Crippen molar-refractivity contribution < 1.29 is 14.6 Å². The van der Waals surface area contributed by atoms with Crippen LogP contribution in [0.5, 0.6) is 0 Å². The average molecular weight is 401 g/mol. The Kier molecular flexibility index (Phi) is 5.05. The average Bonchev–Trinajstić information content (AvgIpc) is 3.01. The maximum Gasteiger partial charge on any atom is 0.267 e. The zero-order valence-corrected chi connectivity index (χ0v) is 16.2. The van der Waals surface area contributed by atoms with Crippen LogP contribution in [0.3, 0.4) is 0 Å². The van der Waals surface area contributed by atoms with E-state index in [4.69, 9.17) is 22.1 Å². The van der Waals surface area contributed by atoms with Crippen LogP contribution in [-0.2, 0) is 18.2 Å². The van der Waals surface area contributed by atoms with Crippen molar-refractivity contribution in [3.05, 3.63) is 58.1 Å². The summed E-state index contributed by atoms with van der Waals surface area (Å²) >= 11 is 5.88. The molecule has 1 amide bonds. The van der Waals surface area contributed by atoms with E-state index in [1.807, 2.05) is 23.7 Å². The van der Waals surface area contributed by atoms with E-state index in [1.165, 1.54) is 0 Å². The molecule has 4 heterocycles. The van der Waals surface area contributed by atoms with Crippen molar-refractivity contribution in [2.45, 2.75) is 24.9 Å². The summed E-state index contributed by atoms with van der Waals surface area (Å²) in [7, 11) is 1.89. The van der Waals surface area contributed by atoms with Crippen molar-refractivity contribution in [3.63, 3.8) is 0 Å². The molecule has 146 valence electrons. The Morgan fingerprint density at radius 1 is 1.43 bits per heavy atom. The molecular formula is C20H21ClN4O3. The van der Waals surface area contributed by atoms with Crippen LogP contribution in [0.15, 0.2) is 30.5 Å². The van der Waals surface area contributed by atoms with Gasteiger partial charge >= 0.3 is 0 Å². The Bertz CT molecular complexity index is 1030. The molecule has 1 aliphatic rings. The molecule has 4 rings (SSSR count). The minimum Gasteiger partial charge on any atom is -0.390 e. The molecule has 3 aromatic heterocycles. The number of carbonyl (C=O) groups excluding carboxylic acids is 1. The Labute approximate surface area is 167 Å². The number of ether oxygens (including phenoxy) is 1. The van der Waals surface area contributed by atoms with Crippen LogP contribution in [0.25, 0.3) is 11.0 Å². The second-order valence-electron chi connectivity index (χ2n) is 7.10. The number of aliphatic hydroxyl groups excluding tert-OH is 1. The maximum absolute atomic E-state index is 11.8. The Balaban J connectivity index is 1.84. The number of aromatic nitrogens is 3. The number of primary amides is 1. The Morgan fingerprint density at radius 3 is 2.93 bits per heavy atom. The lowest BCUT2D eigenvalue weighted by Crippen LogP contribution is -2.31. The number of halogens is 1. The number of fused-ring (bicyclic) bond motifs is 1. The SMILES string of the molecule is Cn1c(C2CCOCC2O)cc2c(Cc3ccc(Cl)nc3)cc(C(N)=O)nc21. The van der Waals surface area contributed by atoms with Gasteiger partial charge in [-0.2, -0.15) is 0 Å². The molecule has 7 nitrogen and oxygen atoms in total. The zero-order chi connectivity index (χ0) is 19.8. The van der Waals surface area contributed by atoms with Crippen LogP contribution in [0.1, 0.15) is 39.6 Å². The maximum atomic E-state index is 11.8. The summed E-state index contributed by atoms with van der Waals surface area (Å²) in [5.74, 6) is -0.624. The van der Waals surface area contributed by atoms with E-state index in [0.29, 0.717) is 30.4 Å². The predicted molar refractivity (Wildman–Crippen MR) is 105 cm³/mol. The summed E-state index contributed by atoms with van der Waals surface area (Å²) < 4.78 is 7.29. The summed E-state index contributed by atoms with van der Waals surface area (Å²) in [5, 5.41) is 11.7. The number of carbonyl (C=O) groups is 1. The first-order chi connectivity index (χ1) is 13.4. The van der Waals surface area contributed by atoms with Crippen LogP contribution in [-0.4, -0.2) is 44.9 Å². The molecule has 0 radical (unpaired) electrons. The van der Waals surface area contributed by atoms with Gasteiger partial charge in [0, 0.05) is 36.8 Å². The van der Waals surface area contributed by atoms with Gasteiger partial charge in [-0.05, 0) is 42.2 Å². The molecule has 3 N–H and O–H groups in total. The molecule has 0 saturated carbocycles. The fraction of sp³-hybridized carbons (Fsp3) is 0.350.